The molecule has 10 heteroatoms. The monoisotopic (exact) mass is 515 g/mol. The topological polar surface area (TPSA) is 54.4 Å². The third-order valence-electron chi connectivity index (χ3n) is 6.13. The van der Waals surface area contributed by atoms with Crippen molar-refractivity contribution >= 4 is 29.0 Å². The summed E-state index contributed by atoms with van der Waals surface area (Å²) in [7, 11) is 1.52. The summed E-state index contributed by atoms with van der Waals surface area (Å²) in [6.07, 6.45) is -4.52. The van der Waals surface area contributed by atoms with Crippen molar-refractivity contribution in [2.75, 3.05) is 33.3 Å². The smallest absolute Gasteiger partial charge is 0.416 e. The molecule has 5 rings (SSSR count). The van der Waals surface area contributed by atoms with Crippen LogP contribution in [0.25, 0.3) is 0 Å². The lowest BCUT2D eigenvalue weighted by atomic mass is 10.1. The molecule has 3 aromatic carbocycles. The Morgan fingerprint density at radius 2 is 1.75 bits per heavy atom. The maximum atomic E-state index is 13.4. The molecule has 6 nitrogen and oxygen atoms in total. The Balaban J connectivity index is 1.48. The van der Waals surface area contributed by atoms with E-state index in [9.17, 15) is 18.0 Å². The second-order valence-corrected chi connectivity index (χ2v) is 8.75. The van der Waals surface area contributed by atoms with Crippen molar-refractivity contribution in [1.82, 2.24) is 9.80 Å². The summed E-state index contributed by atoms with van der Waals surface area (Å²) in [4.78, 5) is 21.3. The highest BCUT2D eigenvalue weighted by Gasteiger charge is 2.33. The Bertz CT molecular complexity index is 1350. The summed E-state index contributed by atoms with van der Waals surface area (Å²) in [6.45, 7) is 1.64. The number of aliphatic imine (C=N–C) groups is 1. The number of fused-ring (bicyclic) bond motifs is 2. The van der Waals surface area contributed by atoms with Crippen molar-refractivity contribution < 1.29 is 27.4 Å². The number of methoxy groups -OCH3 is 1. The molecule has 3 aromatic rings. The summed E-state index contributed by atoms with van der Waals surface area (Å²) >= 11 is 6.20. The number of carbonyl (C=O) groups excluding carboxylic acids is 1. The second-order valence-electron chi connectivity index (χ2n) is 8.34. The minimum atomic E-state index is -4.52. The predicted molar refractivity (Wildman–Crippen MR) is 130 cm³/mol. The highest BCUT2D eigenvalue weighted by molar-refractivity contribution is 6.33. The SMILES string of the molecule is COc1ccc2c(c1)Oc1ccc(C(F)(F)F)cc1N=C2N1CCN(C(=O)c2ccccc2Cl)CC1. The van der Waals surface area contributed by atoms with Crippen molar-refractivity contribution in [2.24, 2.45) is 4.99 Å². The van der Waals surface area contributed by atoms with E-state index in [1.54, 1.807) is 47.4 Å². The lowest BCUT2D eigenvalue weighted by Crippen LogP contribution is -2.50. The van der Waals surface area contributed by atoms with Gasteiger partial charge in [0.2, 0.25) is 0 Å². The molecule has 2 aliphatic heterocycles. The van der Waals surface area contributed by atoms with Crippen LogP contribution < -0.4 is 9.47 Å². The van der Waals surface area contributed by atoms with Gasteiger partial charge in [-0.3, -0.25) is 4.79 Å². The minimum Gasteiger partial charge on any atom is -0.497 e. The molecule has 0 atom stereocenters. The van der Waals surface area contributed by atoms with Crippen molar-refractivity contribution in [3.05, 3.63) is 82.4 Å². The third-order valence-corrected chi connectivity index (χ3v) is 6.46. The van der Waals surface area contributed by atoms with Crippen LogP contribution in [0.15, 0.2) is 65.7 Å². The summed E-state index contributed by atoms with van der Waals surface area (Å²) < 4.78 is 51.5. The fourth-order valence-electron chi connectivity index (χ4n) is 4.23. The van der Waals surface area contributed by atoms with Crippen LogP contribution in [0.1, 0.15) is 21.5 Å². The number of benzene rings is 3. The van der Waals surface area contributed by atoms with Gasteiger partial charge in [0.15, 0.2) is 5.75 Å². The zero-order valence-corrected chi connectivity index (χ0v) is 19.9. The first-order chi connectivity index (χ1) is 17.2. The number of amidine groups is 1. The van der Waals surface area contributed by atoms with E-state index in [4.69, 9.17) is 21.1 Å². The number of nitrogens with zero attached hydrogens (tertiary/aromatic N) is 3. The molecule has 1 fully saturated rings. The Morgan fingerprint density at radius 3 is 2.44 bits per heavy atom. The quantitative estimate of drug-likeness (QED) is 0.419. The first kappa shape index (κ1) is 24.0. The molecule has 0 spiro atoms. The van der Waals surface area contributed by atoms with Gasteiger partial charge in [0, 0.05) is 32.2 Å². The molecule has 186 valence electrons. The van der Waals surface area contributed by atoms with E-state index in [-0.39, 0.29) is 17.3 Å². The van der Waals surface area contributed by atoms with Gasteiger partial charge in [0.1, 0.15) is 23.0 Å². The van der Waals surface area contributed by atoms with Gasteiger partial charge in [-0.25, -0.2) is 4.99 Å². The third kappa shape index (κ3) is 4.58. The zero-order valence-electron chi connectivity index (χ0n) is 19.2. The molecule has 0 N–H and O–H groups in total. The average molecular weight is 516 g/mol. The first-order valence-corrected chi connectivity index (χ1v) is 11.6. The molecule has 1 saturated heterocycles. The van der Waals surface area contributed by atoms with Crippen LogP contribution in [0.2, 0.25) is 5.02 Å². The number of amides is 1. The summed E-state index contributed by atoms with van der Waals surface area (Å²) in [6, 6.07) is 15.3. The van der Waals surface area contributed by atoms with Gasteiger partial charge in [-0.1, -0.05) is 23.7 Å². The molecule has 36 heavy (non-hydrogen) atoms. The lowest BCUT2D eigenvalue weighted by Gasteiger charge is -2.36. The van der Waals surface area contributed by atoms with Gasteiger partial charge < -0.3 is 19.3 Å². The van der Waals surface area contributed by atoms with Crippen LogP contribution in [0.5, 0.6) is 17.2 Å². The van der Waals surface area contributed by atoms with E-state index in [1.165, 1.54) is 13.2 Å². The Labute approximate surface area is 210 Å². The zero-order chi connectivity index (χ0) is 25.4. The van der Waals surface area contributed by atoms with Gasteiger partial charge in [-0.15, -0.1) is 0 Å². The van der Waals surface area contributed by atoms with Gasteiger partial charge in [-0.05, 0) is 42.5 Å². The first-order valence-electron chi connectivity index (χ1n) is 11.2. The molecule has 0 saturated carbocycles. The van der Waals surface area contributed by atoms with E-state index in [0.717, 1.165) is 12.1 Å². The molecule has 0 radical (unpaired) electrons. The molecule has 0 aliphatic carbocycles. The highest BCUT2D eigenvalue weighted by atomic mass is 35.5. The van der Waals surface area contributed by atoms with Gasteiger partial charge in [0.25, 0.3) is 5.91 Å². The minimum absolute atomic E-state index is 0.0737. The Hall–Kier alpha value is -3.72. The van der Waals surface area contributed by atoms with Crippen molar-refractivity contribution in [2.45, 2.75) is 6.18 Å². The number of hydrogen-bond acceptors (Lipinski definition) is 5. The van der Waals surface area contributed by atoms with E-state index in [2.05, 4.69) is 4.99 Å². The molecular formula is C26H21ClF3N3O3. The van der Waals surface area contributed by atoms with Crippen molar-refractivity contribution in [3.63, 3.8) is 0 Å². The highest BCUT2D eigenvalue weighted by Crippen LogP contribution is 2.42. The standard InChI is InChI=1S/C26H21ClF3N3O3/c1-35-17-7-8-19-23(15-17)36-22-9-6-16(26(28,29)30)14-21(22)31-24(19)32-10-12-33(13-11-32)25(34)18-4-2-3-5-20(18)27/h2-9,14-15H,10-13H2,1H3. The van der Waals surface area contributed by atoms with E-state index < -0.39 is 11.7 Å². The number of rotatable bonds is 2. The lowest BCUT2D eigenvalue weighted by molar-refractivity contribution is -0.137. The van der Waals surface area contributed by atoms with E-state index >= 15 is 0 Å². The number of alkyl halides is 3. The molecule has 2 aliphatic rings. The maximum Gasteiger partial charge on any atom is 0.416 e. The number of ether oxygens (including phenoxy) is 2. The Morgan fingerprint density at radius 1 is 1.00 bits per heavy atom. The van der Waals surface area contributed by atoms with Crippen LogP contribution in [0.3, 0.4) is 0 Å². The largest absolute Gasteiger partial charge is 0.497 e. The van der Waals surface area contributed by atoms with Crippen LogP contribution in [0.4, 0.5) is 18.9 Å². The van der Waals surface area contributed by atoms with Gasteiger partial charge >= 0.3 is 6.18 Å². The summed E-state index contributed by atoms with van der Waals surface area (Å²) in [5.41, 5.74) is 0.307. The van der Waals surface area contributed by atoms with E-state index in [0.29, 0.717) is 59.7 Å². The maximum absolute atomic E-state index is 13.4. The molecule has 2 heterocycles. The molecule has 0 unspecified atom stereocenters. The fraction of sp³-hybridized carbons (Fsp3) is 0.231. The molecule has 1 amide bonds. The normalized spacial score (nSPS) is 15.3. The molecular weight excluding hydrogens is 495 g/mol. The van der Waals surface area contributed by atoms with E-state index in [1.807, 2.05) is 4.90 Å². The summed E-state index contributed by atoms with van der Waals surface area (Å²) in [5.74, 6) is 1.46. The number of carbonyl (C=O) groups is 1. The van der Waals surface area contributed by atoms with Crippen LogP contribution in [-0.4, -0.2) is 54.8 Å². The average Bonchev–Trinajstić information content (AvgIpc) is 3.04. The molecule has 0 bridgehead atoms. The second kappa shape index (κ2) is 9.39. The molecule has 0 aromatic heterocycles. The predicted octanol–water partition coefficient (Wildman–Crippen LogP) is 6.01. The number of piperazine rings is 1. The van der Waals surface area contributed by atoms with Crippen LogP contribution in [-0.2, 0) is 6.18 Å². The van der Waals surface area contributed by atoms with Gasteiger partial charge in [-0.2, -0.15) is 13.2 Å². The van der Waals surface area contributed by atoms with Crippen molar-refractivity contribution in [3.8, 4) is 17.2 Å². The van der Waals surface area contributed by atoms with Gasteiger partial charge in [0.05, 0.1) is 28.8 Å². The Kier molecular flexibility index (Phi) is 6.26. The number of hydrogen-bond donors (Lipinski definition) is 0. The summed E-state index contributed by atoms with van der Waals surface area (Å²) in [5, 5.41) is 0.384. The number of halogens is 4. The van der Waals surface area contributed by atoms with Crippen molar-refractivity contribution in [1.29, 1.82) is 0 Å². The van der Waals surface area contributed by atoms with Crippen LogP contribution >= 0.6 is 11.6 Å². The fourth-order valence-corrected chi connectivity index (χ4v) is 4.44. The van der Waals surface area contributed by atoms with Crippen LogP contribution in [0, 0.1) is 0 Å².